The Kier molecular flexibility index (Phi) is 1.75. The van der Waals surface area contributed by atoms with E-state index in [0.717, 1.165) is 36.1 Å². The topological polar surface area (TPSA) is 33.0 Å². The van der Waals surface area contributed by atoms with Gasteiger partial charge in [-0.1, -0.05) is 17.7 Å². The van der Waals surface area contributed by atoms with E-state index in [2.05, 4.69) is 12.1 Å². The van der Waals surface area contributed by atoms with Crippen LogP contribution in [0.1, 0.15) is 24.0 Å². The van der Waals surface area contributed by atoms with Crippen molar-refractivity contribution >= 4 is 11.6 Å². The van der Waals surface area contributed by atoms with Crippen LogP contribution in [0.15, 0.2) is 12.1 Å². The lowest BCUT2D eigenvalue weighted by atomic mass is 9.95. The molecule has 1 heterocycles. The standard InChI is InChI=1S/C12H10ClNO/c13-10-6-9(12(7-14)2-3-12)5-8-1-4-15-11(8)10/h5-6H,1-4H2. The molecule has 1 saturated carbocycles. The van der Waals surface area contributed by atoms with E-state index in [4.69, 9.17) is 21.6 Å². The van der Waals surface area contributed by atoms with Crippen molar-refractivity contribution < 1.29 is 4.74 Å². The average Bonchev–Trinajstić information content (AvgIpc) is 2.90. The predicted molar refractivity (Wildman–Crippen MR) is 57.2 cm³/mol. The van der Waals surface area contributed by atoms with E-state index in [1.807, 2.05) is 6.07 Å². The van der Waals surface area contributed by atoms with Crippen LogP contribution in [0.4, 0.5) is 0 Å². The number of hydrogen-bond acceptors (Lipinski definition) is 2. The van der Waals surface area contributed by atoms with Gasteiger partial charge >= 0.3 is 0 Å². The van der Waals surface area contributed by atoms with Crippen molar-refractivity contribution in [3.8, 4) is 11.8 Å². The van der Waals surface area contributed by atoms with Crippen molar-refractivity contribution in [3.63, 3.8) is 0 Å². The Balaban J connectivity index is 2.13. The van der Waals surface area contributed by atoms with Gasteiger partial charge in [-0.2, -0.15) is 5.26 Å². The zero-order chi connectivity index (χ0) is 10.5. The number of nitrogens with zero attached hydrogens (tertiary/aromatic N) is 1. The minimum Gasteiger partial charge on any atom is -0.491 e. The van der Waals surface area contributed by atoms with Crippen molar-refractivity contribution in [1.82, 2.24) is 0 Å². The van der Waals surface area contributed by atoms with Crippen LogP contribution >= 0.6 is 11.6 Å². The van der Waals surface area contributed by atoms with E-state index in [1.54, 1.807) is 0 Å². The smallest absolute Gasteiger partial charge is 0.141 e. The van der Waals surface area contributed by atoms with Crippen molar-refractivity contribution in [2.75, 3.05) is 6.61 Å². The molecule has 1 aromatic rings. The molecule has 0 amide bonds. The molecule has 1 aromatic carbocycles. The highest BCUT2D eigenvalue weighted by Crippen LogP contribution is 2.50. The summed E-state index contributed by atoms with van der Waals surface area (Å²) in [4.78, 5) is 0. The first-order valence-electron chi connectivity index (χ1n) is 5.12. The Hall–Kier alpha value is -1.20. The molecule has 0 spiro atoms. The largest absolute Gasteiger partial charge is 0.491 e. The highest BCUT2D eigenvalue weighted by molar-refractivity contribution is 6.32. The summed E-state index contributed by atoms with van der Waals surface area (Å²) < 4.78 is 5.44. The first-order chi connectivity index (χ1) is 7.25. The first-order valence-corrected chi connectivity index (χ1v) is 5.50. The fourth-order valence-electron chi connectivity index (χ4n) is 2.13. The summed E-state index contributed by atoms with van der Waals surface area (Å²) in [6.07, 6.45) is 2.82. The summed E-state index contributed by atoms with van der Waals surface area (Å²) in [6, 6.07) is 6.37. The number of halogens is 1. The minimum absolute atomic E-state index is 0.249. The molecule has 3 heteroatoms. The third kappa shape index (κ3) is 1.23. The molecule has 3 rings (SSSR count). The molecule has 1 fully saturated rings. The van der Waals surface area contributed by atoms with Crippen LogP contribution in [-0.2, 0) is 11.8 Å². The lowest BCUT2D eigenvalue weighted by Crippen LogP contribution is -2.02. The van der Waals surface area contributed by atoms with Crippen LogP contribution in [-0.4, -0.2) is 6.61 Å². The number of hydrogen-bond donors (Lipinski definition) is 0. The average molecular weight is 220 g/mol. The molecule has 0 saturated heterocycles. The molecule has 2 nitrogen and oxygen atoms in total. The Morgan fingerprint density at radius 1 is 1.40 bits per heavy atom. The lowest BCUT2D eigenvalue weighted by Gasteiger charge is -2.09. The van der Waals surface area contributed by atoms with Crippen molar-refractivity contribution in [1.29, 1.82) is 5.26 Å². The zero-order valence-electron chi connectivity index (χ0n) is 8.22. The van der Waals surface area contributed by atoms with Crippen molar-refractivity contribution in [2.45, 2.75) is 24.7 Å². The molecule has 0 atom stereocenters. The Labute approximate surface area is 93.4 Å². The maximum atomic E-state index is 9.13. The van der Waals surface area contributed by atoms with Crippen LogP contribution in [0, 0.1) is 11.3 Å². The predicted octanol–water partition coefficient (Wildman–Crippen LogP) is 2.83. The number of fused-ring (bicyclic) bond motifs is 1. The summed E-state index contributed by atoms with van der Waals surface area (Å²) in [5.74, 6) is 0.814. The van der Waals surface area contributed by atoms with Gasteiger partial charge in [0.05, 0.1) is 23.1 Å². The van der Waals surface area contributed by atoms with Gasteiger partial charge in [0.15, 0.2) is 0 Å². The molecule has 0 radical (unpaired) electrons. The quantitative estimate of drug-likeness (QED) is 0.728. The van der Waals surface area contributed by atoms with Crippen molar-refractivity contribution in [2.24, 2.45) is 0 Å². The molecule has 0 N–H and O–H groups in total. The van der Waals surface area contributed by atoms with Crippen molar-refractivity contribution in [3.05, 3.63) is 28.3 Å². The molecule has 15 heavy (non-hydrogen) atoms. The van der Waals surface area contributed by atoms with Gasteiger partial charge in [0, 0.05) is 6.42 Å². The summed E-state index contributed by atoms with van der Waals surface area (Å²) >= 11 is 6.13. The summed E-state index contributed by atoms with van der Waals surface area (Å²) in [6.45, 7) is 0.706. The monoisotopic (exact) mass is 219 g/mol. The molecule has 1 aliphatic carbocycles. The Morgan fingerprint density at radius 3 is 2.87 bits per heavy atom. The third-order valence-corrected chi connectivity index (χ3v) is 3.54. The fraction of sp³-hybridized carbons (Fsp3) is 0.417. The number of benzene rings is 1. The zero-order valence-corrected chi connectivity index (χ0v) is 8.97. The Bertz CT molecular complexity index is 471. The molecule has 0 aromatic heterocycles. The third-order valence-electron chi connectivity index (χ3n) is 3.25. The second-order valence-corrected chi connectivity index (χ2v) is 4.65. The van der Waals surface area contributed by atoms with Gasteiger partial charge in [-0.05, 0) is 30.0 Å². The van der Waals surface area contributed by atoms with E-state index >= 15 is 0 Å². The maximum Gasteiger partial charge on any atom is 0.141 e. The Morgan fingerprint density at radius 2 is 2.20 bits per heavy atom. The molecular formula is C12H10ClNO. The van der Waals surface area contributed by atoms with E-state index in [9.17, 15) is 0 Å². The number of rotatable bonds is 1. The molecule has 0 bridgehead atoms. The molecule has 2 aliphatic rings. The van der Waals surface area contributed by atoms with Gasteiger partial charge in [-0.25, -0.2) is 0 Å². The van der Waals surface area contributed by atoms with E-state index < -0.39 is 0 Å². The molecule has 0 unspecified atom stereocenters. The van der Waals surface area contributed by atoms with Crippen LogP contribution in [0.25, 0.3) is 0 Å². The van der Waals surface area contributed by atoms with Crippen LogP contribution in [0.5, 0.6) is 5.75 Å². The minimum atomic E-state index is -0.249. The van der Waals surface area contributed by atoms with Crippen LogP contribution in [0.2, 0.25) is 5.02 Å². The molecule has 1 aliphatic heterocycles. The lowest BCUT2D eigenvalue weighted by molar-refractivity contribution is 0.357. The fourth-order valence-corrected chi connectivity index (χ4v) is 2.42. The second-order valence-electron chi connectivity index (χ2n) is 4.24. The first kappa shape index (κ1) is 9.06. The number of ether oxygens (including phenoxy) is 1. The van der Waals surface area contributed by atoms with Crippen LogP contribution < -0.4 is 4.74 Å². The highest BCUT2D eigenvalue weighted by Gasteiger charge is 2.45. The van der Waals surface area contributed by atoms with E-state index in [1.165, 1.54) is 0 Å². The van der Waals surface area contributed by atoms with Gasteiger partial charge in [0.25, 0.3) is 0 Å². The van der Waals surface area contributed by atoms with Gasteiger partial charge in [0.2, 0.25) is 0 Å². The summed E-state index contributed by atoms with van der Waals surface area (Å²) in [5.41, 5.74) is 1.97. The summed E-state index contributed by atoms with van der Waals surface area (Å²) in [5, 5.41) is 9.78. The second kappa shape index (κ2) is 2.90. The number of nitriles is 1. The highest BCUT2D eigenvalue weighted by atomic mass is 35.5. The van der Waals surface area contributed by atoms with Gasteiger partial charge in [0.1, 0.15) is 5.75 Å². The van der Waals surface area contributed by atoms with E-state index in [0.29, 0.717) is 11.6 Å². The summed E-state index contributed by atoms with van der Waals surface area (Å²) in [7, 11) is 0. The molecular weight excluding hydrogens is 210 g/mol. The normalized spacial score (nSPS) is 20.3. The maximum absolute atomic E-state index is 9.13. The van der Waals surface area contributed by atoms with Crippen LogP contribution in [0.3, 0.4) is 0 Å². The van der Waals surface area contributed by atoms with Gasteiger partial charge in [-0.15, -0.1) is 0 Å². The van der Waals surface area contributed by atoms with Gasteiger partial charge in [-0.3, -0.25) is 0 Å². The van der Waals surface area contributed by atoms with E-state index in [-0.39, 0.29) is 5.41 Å². The molecule has 76 valence electrons. The SMILES string of the molecule is N#CC1(c2cc(Cl)c3c(c2)CCO3)CC1. The van der Waals surface area contributed by atoms with Gasteiger partial charge < -0.3 is 4.74 Å².